The first-order valence-electron chi connectivity index (χ1n) is 12.0. The van der Waals surface area contributed by atoms with E-state index in [4.69, 9.17) is 4.42 Å². The number of fused-ring (bicyclic) bond motifs is 3. The molecule has 1 aliphatic rings. The van der Waals surface area contributed by atoms with Crippen LogP contribution in [0, 0.1) is 30.9 Å². The number of sulfonamides is 1. The van der Waals surface area contributed by atoms with Crippen molar-refractivity contribution in [2.75, 3.05) is 4.31 Å². The highest BCUT2D eigenvalue weighted by atomic mass is 32.2. The number of anilines is 1. The molecule has 9 heteroatoms. The largest absolute Gasteiger partial charge is 0.461 e. The zero-order chi connectivity index (χ0) is 26.5. The molecule has 190 valence electrons. The van der Waals surface area contributed by atoms with E-state index in [1.165, 1.54) is 18.2 Å². The first-order valence-corrected chi connectivity index (χ1v) is 13.5. The third-order valence-corrected chi connectivity index (χ3v) is 8.82. The zero-order valence-corrected chi connectivity index (χ0v) is 21.6. The molecule has 5 rings (SSSR count). The predicted octanol–water partition coefficient (Wildman–Crippen LogP) is 6.18. The number of carbonyl (C=O) groups is 1. The minimum Gasteiger partial charge on any atom is -0.461 e. The van der Waals surface area contributed by atoms with Gasteiger partial charge < -0.3 is 4.42 Å². The van der Waals surface area contributed by atoms with Crippen LogP contribution >= 0.6 is 0 Å². The van der Waals surface area contributed by atoms with Gasteiger partial charge in [0.1, 0.15) is 11.3 Å². The van der Waals surface area contributed by atoms with E-state index in [0.717, 1.165) is 63.9 Å². The molecular weight excluding hydrogens is 492 g/mol. The molecule has 0 N–H and O–H groups in total. The molecule has 0 bridgehead atoms. The average Bonchev–Trinajstić information content (AvgIpc) is 3.24. The van der Waals surface area contributed by atoms with Gasteiger partial charge in [0.25, 0.3) is 21.6 Å². The van der Waals surface area contributed by atoms with E-state index in [1.54, 1.807) is 37.3 Å². The van der Waals surface area contributed by atoms with Gasteiger partial charge in [-0.3, -0.25) is 14.9 Å². The Kier molecular flexibility index (Phi) is 6.11. The van der Waals surface area contributed by atoms with E-state index < -0.39 is 20.9 Å². The van der Waals surface area contributed by atoms with Crippen LogP contribution in [0.1, 0.15) is 51.2 Å². The lowest BCUT2D eigenvalue weighted by Crippen LogP contribution is -2.37. The summed E-state index contributed by atoms with van der Waals surface area (Å²) in [7, 11) is -4.39. The number of rotatable bonds is 5. The molecule has 0 fully saturated rings. The summed E-state index contributed by atoms with van der Waals surface area (Å²) in [6, 6.07) is 13.3. The van der Waals surface area contributed by atoms with E-state index >= 15 is 0 Å². The van der Waals surface area contributed by atoms with Crippen molar-refractivity contribution < 1.29 is 22.6 Å². The van der Waals surface area contributed by atoms with Crippen LogP contribution < -0.4 is 4.31 Å². The molecule has 1 aromatic heterocycles. The van der Waals surface area contributed by atoms with Gasteiger partial charge in [-0.1, -0.05) is 12.1 Å². The van der Waals surface area contributed by atoms with Gasteiger partial charge in [-0.15, -0.1) is 0 Å². The molecule has 1 aliphatic carbocycles. The van der Waals surface area contributed by atoms with Gasteiger partial charge in [0.15, 0.2) is 0 Å². The van der Waals surface area contributed by atoms with Crippen molar-refractivity contribution in [2.24, 2.45) is 0 Å². The summed E-state index contributed by atoms with van der Waals surface area (Å²) in [6.45, 7) is 5.38. The number of nitrogens with zero attached hydrogens (tertiary/aromatic N) is 2. The molecule has 0 spiro atoms. The van der Waals surface area contributed by atoms with Crippen molar-refractivity contribution in [3.8, 4) is 0 Å². The third-order valence-electron chi connectivity index (χ3n) is 6.97. The number of aryl methyl sites for hydroxylation is 5. The number of benzene rings is 3. The third kappa shape index (κ3) is 4.29. The highest BCUT2D eigenvalue weighted by Crippen LogP contribution is 2.37. The van der Waals surface area contributed by atoms with E-state index in [9.17, 15) is 23.3 Å². The summed E-state index contributed by atoms with van der Waals surface area (Å²) < 4.78 is 35.1. The molecule has 0 unspecified atom stereocenters. The molecule has 1 heterocycles. The maximum Gasteiger partial charge on any atom is 0.272 e. The monoisotopic (exact) mass is 518 g/mol. The van der Waals surface area contributed by atoms with Gasteiger partial charge >= 0.3 is 0 Å². The Morgan fingerprint density at radius 1 is 0.946 bits per heavy atom. The molecule has 0 atom stereocenters. The average molecular weight is 519 g/mol. The number of furan rings is 1. The Bertz CT molecular complexity index is 1690. The Balaban J connectivity index is 1.73. The van der Waals surface area contributed by atoms with Crippen molar-refractivity contribution in [3.63, 3.8) is 0 Å². The number of hydrogen-bond acceptors (Lipinski definition) is 6. The zero-order valence-electron chi connectivity index (χ0n) is 20.8. The molecule has 37 heavy (non-hydrogen) atoms. The van der Waals surface area contributed by atoms with Gasteiger partial charge in [-0.05, 0) is 87.1 Å². The van der Waals surface area contributed by atoms with Gasteiger partial charge in [0.2, 0.25) is 0 Å². The highest BCUT2D eigenvalue weighted by molar-refractivity contribution is 7.93. The van der Waals surface area contributed by atoms with E-state index in [2.05, 4.69) is 0 Å². The number of hydrogen-bond donors (Lipinski definition) is 0. The fraction of sp³-hybridized carbons (Fsp3) is 0.250. The lowest BCUT2D eigenvalue weighted by molar-refractivity contribution is -0.384. The summed E-state index contributed by atoms with van der Waals surface area (Å²) in [5, 5.41) is 12.1. The first-order chi connectivity index (χ1) is 17.6. The number of nitro benzene ring substituents is 1. The van der Waals surface area contributed by atoms with Crippen molar-refractivity contribution in [1.82, 2.24) is 0 Å². The molecule has 8 nitrogen and oxygen atoms in total. The van der Waals surface area contributed by atoms with Crippen molar-refractivity contribution in [3.05, 3.63) is 98.3 Å². The van der Waals surface area contributed by atoms with Gasteiger partial charge in [0.05, 0.1) is 15.5 Å². The van der Waals surface area contributed by atoms with Crippen LogP contribution in [0.5, 0.6) is 0 Å². The lowest BCUT2D eigenvalue weighted by atomic mass is 9.96. The summed E-state index contributed by atoms with van der Waals surface area (Å²) in [5.41, 5.74) is 3.62. The Morgan fingerprint density at radius 3 is 2.43 bits per heavy atom. The summed E-state index contributed by atoms with van der Waals surface area (Å²) in [6.07, 6.45) is 3.66. The lowest BCUT2D eigenvalue weighted by Gasteiger charge is -2.24. The van der Waals surface area contributed by atoms with E-state index in [-0.39, 0.29) is 21.8 Å². The first kappa shape index (κ1) is 24.7. The second-order valence-corrected chi connectivity index (χ2v) is 11.2. The second-order valence-electron chi connectivity index (χ2n) is 9.48. The minimum absolute atomic E-state index is 0.00343. The Morgan fingerprint density at radius 2 is 1.68 bits per heavy atom. The highest BCUT2D eigenvalue weighted by Gasteiger charge is 2.34. The second kappa shape index (κ2) is 9.15. The van der Waals surface area contributed by atoms with Crippen molar-refractivity contribution >= 4 is 38.3 Å². The van der Waals surface area contributed by atoms with Crippen LogP contribution in [0.15, 0.2) is 63.9 Å². The number of amides is 1. The molecule has 1 amide bonds. The van der Waals surface area contributed by atoms with Crippen LogP contribution in [0.2, 0.25) is 0 Å². The molecule has 0 saturated heterocycles. The van der Waals surface area contributed by atoms with Crippen LogP contribution in [0.25, 0.3) is 11.0 Å². The molecule has 0 saturated carbocycles. The molecule has 4 aromatic rings. The van der Waals surface area contributed by atoms with Crippen LogP contribution in [0.4, 0.5) is 11.4 Å². The number of non-ortho nitro benzene ring substituents is 1. The minimum atomic E-state index is -4.39. The SMILES string of the molecule is Cc1cc(C)c(S(=O)(=O)N(C(=O)c2cccc([N+](=O)[O-])c2)c2ccc3oc4c(c3c2)CCCC4)cc1C. The number of carbonyl (C=O) groups excluding carboxylic acids is 1. The molecule has 3 aromatic carbocycles. The Labute approximate surface area is 214 Å². The molecular formula is C28H26N2O6S. The van der Waals surface area contributed by atoms with Crippen molar-refractivity contribution in [2.45, 2.75) is 51.3 Å². The fourth-order valence-electron chi connectivity index (χ4n) is 4.92. The fourth-order valence-corrected chi connectivity index (χ4v) is 6.63. The topological polar surface area (TPSA) is 111 Å². The summed E-state index contributed by atoms with van der Waals surface area (Å²) >= 11 is 0. The predicted molar refractivity (Wildman–Crippen MR) is 141 cm³/mol. The summed E-state index contributed by atoms with van der Waals surface area (Å²) in [5.74, 6) is 0.0147. The van der Waals surface area contributed by atoms with Gasteiger partial charge in [-0.2, -0.15) is 4.31 Å². The quantitative estimate of drug-likeness (QED) is 0.230. The molecule has 0 radical (unpaired) electrons. The Hall–Kier alpha value is -3.98. The summed E-state index contributed by atoms with van der Waals surface area (Å²) in [4.78, 5) is 24.6. The van der Waals surface area contributed by atoms with Crippen LogP contribution in [-0.2, 0) is 22.9 Å². The van der Waals surface area contributed by atoms with Gasteiger partial charge in [0, 0.05) is 35.1 Å². The maximum absolute atomic E-state index is 14.2. The number of nitro groups is 1. The van der Waals surface area contributed by atoms with Crippen molar-refractivity contribution in [1.29, 1.82) is 0 Å². The molecule has 0 aliphatic heterocycles. The maximum atomic E-state index is 14.2. The van der Waals surface area contributed by atoms with Crippen LogP contribution in [0.3, 0.4) is 0 Å². The smallest absolute Gasteiger partial charge is 0.272 e. The van der Waals surface area contributed by atoms with Crippen LogP contribution in [-0.4, -0.2) is 19.2 Å². The van der Waals surface area contributed by atoms with E-state index in [1.807, 2.05) is 13.8 Å². The van der Waals surface area contributed by atoms with Gasteiger partial charge in [-0.25, -0.2) is 8.42 Å². The normalized spacial score (nSPS) is 13.4. The van der Waals surface area contributed by atoms with E-state index in [0.29, 0.717) is 11.1 Å². The standard InChI is InChI=1S/C28H26N2O6S/c1-17-13-19(3)27(14-18(17)2)37(34,35)29(28(31)20-7-6-8-22(15-20)30(32)33)21-11-12-26-24(16-21)23-9-4-5-10-25(23)36-26/h6-8,11-16H,4-5,9-10H2,1-3H3.